The quantitative estimate of drug-likeness (QED) is 0.842. The lowest BCUT2D eigenvalue weighted by Gasteiger charge is -2.07. The van der Waals surface area contributed by atoms with Crippen LogP contribution in [0.1, 0.15) is 11.4 Å². The number of nitrogens with one attached hydrogen (secondary N) is 1. The van der Waals surface area contributed by atoms with Crippen molar-refractivity contribution in [3.63, 3.8) is 0 Å². The summed E-state index contributed by atoms with van der Waals surface area (Å²) in [6.45, 7) is -0.428. The third-order valence-electron chi connectivity index (χ3n) is 2.33. The number of aromatic nitrogens is 2. The zero-order chi connectivity index (χ0) is 13.9. The average molecular weight is 304 g/mol. The molecule has 0 amide bonds. The van der Waals surface area contributed by atoms with Gasteiger partial charge < -0.3 is 9.63 Å². The molecule has 19 heavy (non-hydrogen) atoms. The van der Waals surface area contributed by atoms with Crippen LogP contribution in [0.15, 0.2) is 34.0 Å². The maximum atomic E-state index is 12.0. The second-order valence-corrected chi connectivity index (χ2v) is 5.76. The van der Waals surface area contributed by atoms with E-state index in [0.29, 0.717) is 10.6 Å². The number of hydrogen-bond donors (Lipinski definition) is 2. The SMILES string of the molecule is O=S(=O)(NCc1ncon1)c1ccc(Cl)c(CO)c1. The Kier molecular flexibility index (Phi) is 4.15. The first-order valence-electron chi connectivity index (χ1n) is 5.17. The van der Waals surface area contributed by atoms with Gasteiger partial charge >= 0.3 is 0 Å². The van der Waals surface area contributed by atoms with Gasteiger partial charge in [0.05, 0.1) is 18.0 Å². The molecular weight excluding hydrogens is 294 g/mol. The number of nitrogens with zero attached hydrogens (tertiary/aromatic N) is 2. The van der Waals surface area contributed by atoms with Crippen molar-refractivity contribution in [2.45, 2.75) is 18.0 Å². The highest BCUT2D eigenvalue weighted by Gasteiger charge is 2.16. The minimum atomic E-state index is -3.73. The van der Waals surface area contributed by atoms with Gasteiger partial charge in [0.2, 0.25) is 16.4 Å². The smallest absolute Gasteiger partial charge is 0.240 e. The van der Waals surface area contributed by atoms with Gasteiger partial charge in [-0.1, -0.05) is 16.8 Å². The minimum Gasteiger partial charge on any atom is -0.392 e. The van der Waals surface area contributed by atoms with E-state index in [-0.39, 0.29) is 23.9 Å². The van der Waals surface area contributed by atoms with E-state index in [1.165, 1.54) is 18.2 Å². The Hall–Kier alpha value is -1.48. The maximum Gasteiger partial charge on any atom is 0.240 e. The van der Waals surface area contributed by atoms with Gasteiger partial charge in [0.15, 0.2) is 5.82 Å². The van der Waals surface area contributed by atoms with Crippen molar-refractivity contribution in [1.29, 1.82) is 0 Å². The summed E-state index contributed by atoms with van der Waals surface area (Å²) in [4.78, 5) is 3.70. The van der Waals surface area contributed by atoms with E-state index in [2.05, 4.69) is 19.4 Å². The molecule has 2 N–H and O–H groups in total. The fourth-order valence-corrected chi connectivity index (χ4v) is 2.56. The summed E-state index contributed by atoms with van der Waals surface area (Å²) >= 11 is 5.80. The first-order valence-corrected chi connectivity index (χ1v) is 7.03. The summed E-state index contributed by atoms with van der Waals surface area (Å²) in [6.07, 6.45) is 1.11. The number of benzene rings is 1. The highest BCUT2D eigenvalue weighted by molar-refractivity contribution is 7.89. The van der Waals surface area contributed by atoms with E-state index in [9.17, 15) is 8.42 Å². The number of halogens is 1. The summed E-state index contributed by atoms with van der Waals surface area (Å²) in [6, 6.07) is 4.07. The summed E-state index contributed by atoms with van der Waals surface area (Å²) < 4.78 is 30.8. The molecule has 1 aromatic carbocycles. The summed E-state index contributed by atoms with van der Waals surface area (Å²) in [5.74, 6) is 0.222. The van der Waals surface area contributed by atoms with Crippen LogP contribution in [-0.4, -0.2) is 23.7 Å². The van der Waals surface area contributed by atoms with Crippen molar-refractivity contribution in [3.05, 3.63) is 41.0 Å². The van der Waals surface area contributed by atoms with Crippen LogP contribution in [0.2, 0.25) is 5.02 Å². The normalized spacial score (nSPS) is 11.7. The predicted molar refractivity (Wildman–Crippen MR) is 65.7 cm³/mol. The molecule has 0 saturated carbocycles. The van der Waals surface area contributed by atoms with Gasteiger partial charge in [-0.15, -0.1) is 0 Å². The van der Waals surface area contributed by atoms with Gasteiger partial charge in [0.1, 0.15) is 0 Å². The minimum absolute atomic E-state index is 0.00412. The molecule has 0 aliphatic heterocycles. The molecular formula is C10H10ClN3O4S. The molecule has 7 nitrogen and oxygen atoms in total. The predicted octanol–water partition coefficient (Wildman–Crippen LogP) is 0.694. The van der Waals surface area contributed by atoms with Crippen molar-refractivity contribution in [3.8, 4) is 0 Å². The Morgan fingerprint density at radius 1 is 1.42 bits per heavy atom. The standard InChI is InChI=1S/C10H10ClN3O4S/c11-9-2-1-8(3-7(9)5-15)19(16,17)13-4-10-12-6-18-14-10/h1-3,6,13,15H,4-5H2. The number of rotatable bonds is 5. The Balaban J connectivity index is 2.19. The number of aliphatic hydroxyl groups is 1. The molecule has 0 bridgehead atoms. The molecule has 0 spiro atoms. The van der Waals surface area contributed by atoms with Crippen LogP contribution >= 0.6 is 11.6 Å². The number of hydrogen-bond acceptors (Lipinski definition) is 6. The molecule has 1 aromatic heterocycles. The highest BCUT2D eigenvalue weighted by Crippen LogP contribution is 2.20. The molecule has 0 aliphatic rings. The van der Waals surface area contributed by atoms with Crippen LogP contribution in [0.5, 0.6) is 0 Å². The van der Waals surface area contributed by atoms with Crippen LogP contribution in [-0.2, 0) is 23.2 Å². The molecule has 102 valence electrons. The molecule has 9 heteroatoms. The lowest BCUT2D eigenvalue weighted by Crippen LogP contribution is -2.24. The van der Waals surface area contributed by atoms with Gasteiger partial charge in [-0.3, -0.25) is 0 Å². The second-order valence-electron chi connectivity index (χ2n) is 3.58. The maximum absolute atomic E-state index is 12.0. The summed E-state index contributed by atoms with van der Waals surface area (Å²) in [5.41, 5.74) is 0.337. The van der Waals surface area contributed by atoms with E-state index in [0.717, 1.165) is 6.39 Å². The molecule has 0 unspecified atom stereocenters. The molecule has 2 rings (SSSR count). The largest absolute Gasteiger partial charge is 0.392 e. The van der Waals surface area contributed by atoms with Gasteiger partial charge in [0, 0.05) is 5.02 Å². The molecule has 0 saturated heterocycles. The van der Waals surface area contributed by atoms with Crippen molar-refractivity contribution in [2.75, 3.05) is 0 Å². The van der Waals surface area contributed by atoms with Crippen molar-refractivity contribution < 1.29 is 18.0 Å². The monoisotopic (exact) mass is 303 g/mol. The Bertz CT molecular complexity index is 657. The van der Waals surface area contributed by atoms with Crippen molar-refractivity contribution >= 4 is 21.6 Å². The first-order chi connectivity index (χ1) is 9.03. The van der Waals surface area contributed by atoms with Crippen LogP contribution in [0.25, 0.3) is 0 Å². The zero-order valence-electron chi connectivity index (χ0n) is 9.58. The van der Waals surface area contributed by atoms with Gasteiger partial charge in [-0.25, -0.2) is 13.1 Å². The second kappa shape index (κ2) is 5.66. The van der Waals surface area contributed by atoms with Crippen LogP contribution in [0, 0.1) is 0 Å². The topological polar surface area (TPSA) is 105 Å². The first kappa shape index (κ1) is 13.9. The third kappa shape index (κ3) is 3.29. The van der Waals surface area contributed by atoms with E-state index < -0.39 is 10.0 Å². The fraction of sp³-hybridized carbons (Fsp3) is 0.200. The van der Waals surface area contributed by atoms with Gasteiger partial charge in [-0.2, -0.15) is 4.98 Å². The average Bonchev–Trinajstić information content (AvgIpc) is 2.90. The van der Waals surface area contributed by atoms with E-state index >= 15 is 0 Å². The van der Waals surface area contributed by atoms with E-state index in [1.807, 2.05) is 0 Å². The number of sulfonamides is 1. The van der Waals surface area contributed by atoms with Crippen molar-refractivity contribution in [1.82, 2.24) is 14.9 Å². The molecule has 1 heterocycles. The molecule has 2 aromatic rings. The Morgan fingerprint density at radius 3 is 2.84 bits per heavy atom. The summed E-state index contributed by atoms with van der Waals surface area (Å²) in [5, 5.41) is 12.8. The third-order valence-corrected chi connectivity index (χ3v) is 4.09. The van der Waals surface area contributed by atoms with Crippen LogP contribution < -0.4 is 4.72 Å². The molecule has 0 atom stereocenters. The lowest BCUT2D eigenvalue weighted by molar-refractivity contribution is 0.281. The molecule has 0 radical (unpaired) electrons. The van der Waals surface area contributed by atoms with Gasteiger partial charge in [-0.05, 0) is 23.8 Å². The molecule has 0 fully saturated rings. The number of aliphatic hydroxyl groups excluding tert-OH is 1. The zero-order valence-corrected chi connectivity index (χ0v) is 11.1. The fourth-order valence-electron chi connectivity index (χ4n) is 1.35. The Morgan fingerprint density at radius 2 is 2.21 bits per heavy atom. The molecule has 0 aliphatic carbocycles. The van der Waals surface area contributed by atoms with E-state index in [1.54, 1.807) is 0 Å². The highest BCUT2D eigenvalue weighted by atomic mass is 35.5. The van der Waals surface area contributed by atoms with E-state index in [4.69, 9.17) is 16.7 Å². The Labute approximate surface area is 114 Å². The van der Waals surface area contributed by atoms with Gasteiger partial charge in [0.25, 0.3) is 0 Å². The van der Waals surface area contributed by atoms with Crippen LogP contribution in [0.3, 0.4) is 0 Å². The summed E-state index contributed by atoms with van der Waals surface area (Å²) in [7, 11) is -3.73. The van der Waals surface area contributed by atoms with Crippen molar-refractivity contribution in [2.24, 2.45) is 0 Å². The van der Waals surface area contributed by atoms with Crippen LogP contribution in [0.4, 0.5) is 0 Å². The lowest BCUT2D eigenvalue weighted by atomic mass is 10.2.